The summed E-state index contributed by atoms with van der Waals surface area (Å²) in [6.45, 7) is 0.245. The van der Waals surface area contributed by atoms with Crippen molar-refractivity contribution < 1.29 is 23.5 Å². The van der Waals surface area contributed by atoms with Gasteiger partial charge in [-0.1, -0.05) is 18.2 Å². The molecule has 26 heavy (non-hydrogen) atoms. The summed E-state index contributed by atoms with van der Waals surface area (Å²) < 4.78 is 23.3. The van der Waals surface area contributed by atoms with Gasteiger partial charge in [0, 0.05) is 17.4 Å². The van der Waals surface area contributed by atoms with Gasteiger partial charge in [-0.05, 0) is 36.4 Å². The first kappa shape index (κ1) is 16.2. The maximum absolute atomic E-state index is 13.2. The van der Waals surface area contributed by atoms with E-state index in [-0.39, 0.29) is 12.4 Å². The maximum Gasteiger partial charge on any atom is 0.347 e. The number of halogens is 1. The van der Waals surface area contributed by atoms with Crippen LogP contribution in [-0.2, 0) is 14.3 Å². The number of carbonyl (C=O) groups is 2. The number of hydrogen-bond donors (Lipinski definition) is 0. The number of esters is 2. The molecule has 1 atom stereocenters. The molecule has 130 valence electrons. The molecule has 0 bridgehead atoms. The lowest BCUT2D eigenvalue weighted by Crippen LogP contribution is -2.23. The fourth-order valence-electron chi connectivity index (χ4n) is 2.89. The summed E-state index contributed by atoms with van der Waals surface area (Å²) in [7, 11) is 0. The van der Waals surface area contributed by atoms with Crippen LogP contribution in [0.4, 0.5) is 4.39 Å². The average molecular weight is 351 g/mol. The van der Waals surface area contributed by atoms with Gasteiger partial charge in [-0.25, -0.2) is 19.0 Å². The quantitative estimate of drug-likeness (QED) is 0.676. The van der Waals surface area contributed by atoms with Gasteiger partial charge in [0.25, 0.3) is 0 Å². The van der Waals surface area contributed by atoms with Crippen LogP contribution < -0.4 is 0 Å². The molecule has 1 aromatic heterocycles. The molecule has 0 radical (unpaired) electrons. The zero-order chi connectivity index (χ0) is 18.1. The van der Waals surface area contributed by atoms with Crippen molar-refractivity contribution in [3.8, 4) is 11.3 Å². The molecule has 0 spiro atoms. The van der Waals surface area contributed by atoms with Crippen molar-refractivity contribution in [2.45, 2.75) is 12.5 Å². The Balaban J connectivity index is 1.78. The highest BCUT2D eigenvalue weighted by Gasteiger charge is 2.31. The summed E-state index contributed by atoms with van der Waals surface area (Å²) in [5, 5.41) is 0.620. The van der Waals surface area contributed by atoms with E-state index in [0.717, 1.165) is 0 Å². The average Bonchev–Trinajstić information content (AvgIpc) is 3.06. The minimum atomic E-state index is -0.885. The van der Waals surface area contributed by atoms with Gasteiger partial charge >= 0.3 is 11.9 Å². The van der Waals surface area contributed by atoms with Crippen molar-refractivity contribution in [1.82, 2.24) is 4.98 Å². The molecule has 4 rings (SSSR count). The summed E-state index contributed by atoms with van der Waals surface area (Å²) in [5.74, 6) is -1.50. The monoisotopic (exact) mass is 351 g/mol. The normalized spacial score (nSPS) is 16.5. The molecule has 1 aliphatic heterocycles. The summed E-state index contributed by atoms with van der Waals surface area (Å²) in [5.41, 5.74) is 2.10. The third-order valence-electron chi connectivity index (χ3n) is 4.21. The van der Waals surface area contributed by atoms with Crippen LogP contribution in [0.5, 0.6) is 0 Å². The van der Waals surface area contributed by atoms with Gasteiger partial charge in [0.15, 0.2) is 0 Å². The molecule has 0 aliphatic carbocycles. The fraction of sp³-hybridized carbons (Fsp3) is 0.150. The lowest BCUT2D eigenvalue weighted by Gasteiger charge is -2.12. The molecular formula is C20H14FNO4. The van der Waals surface area contributed by atoms with E-state index >= 15 is 0 Å². The molecule has 5 nitrogen and oxygen atoms in total. The highest BCUT2D eigenvalue weighted by atomic mass is 19.1. The smallest absolute Gasteiger partial charge is 0.347 e. The van der Waals surface area contributed by atoms with Gasteiger partial charge < -0.3 is 9.47 Å². The van der Waals surface area contributed by atoms with Crippen molar-refractivity contribution in [3.05, 3.63) is 66.0 Å². The molecule has 2 aromatic carbocycles. The second-order valence-corrected chi connectivity index (χ2v) is 5.93. The van der Waals surface area contributed by atoms with Gasteiger partial charge in [0.1, 0.15) is 5.82 Å². The lowest BCUT2D eigenvalue weighted by molar-refractivity contribution is -0.145. The number of cyclic esters (lactones) is 1. The van der Waals surface area contributed by atoms with Gasteiger partial charge in [-0.3, -0.25) is 0 Å². The molecule has 3 aromatic rings. The number of ether oxygens (including phenoxy) is 2. The van der Waals surface area contributed by atoms with Crippen molar-refractivity contribution >= 4 is 22.8 Å². The first-order valence-electron chi connectivity index (χ1n) is 8.15. The Kier molecular flexibility index (Phi) is 4.08. The number of pyridine rings is 1. The lowest BCUT2D eigenvalue weighted by atomic mass is 10.0. The number of benzene rings is 2. The molecule has 1 saturated heterocycles. The van der Waals surface area contributed by atoms with Crippen LogP contribution in [0.25, 0.3) is 22.2 Å². The summed E-state index contributed by atoms with van der Waals surface area (Å²) in [6, 6.07) is 14.6. The highest BCUT2D eigenvalue weighted by molar-refractivity contribution is 6.05. The van der Waals surface area contributed by atoms with E-state index in [2.05, 4.69) is 4.98 Å². The van der Waals surface area contributed by atoms with Crippen molar-refractivity contribution in [2.75, 3.05) is 6.61 Å². The van der Waals surface area contributed by atoms with E-state index in [1.165, 1.54) is 12.1 Å². The molecule has 6 heteroatoms. The second kappa shape index (κ2) is 6.55. The van der Waals surface area contributed by atoms with Crippen LogP contribution in [0.1, 0.15) is 16.8 Å². The van der Waals surface area contributed by atoms with Gasteiger partial charge in [0.05, 0.1) is 23.4 Å². The first-order chi connectivity index (χ1) is 12.6. The SMILES string of the molecule is O=C(O[C@H]1CCOC1=O)c1cc(-c2ccc(F)cc2)nc2ccccc12. The van der Waals surface area contributed by atoms with Crippen LogP contribution in [0.3, 0.4) is 0 Å². The van der Waals surface area contributed by atoms with E-state index in [1.807, 2.05) is 6.07 Å². The fourth-order valence-corrected chi connectivity index (χ4v) is 2.89. The highest BCUT2D eigenvalue weighted by Crippen LogP contribution is 2.26. The second-order valence-electron chi connectivity index (χ2n) is 5.93. The number of fused-ring (bicyclic) bond motifs is 1. The van der Waals surface area contributed by atoms with Crippen LogP contribution >= 0.6 is 0 Å². The predicted octanol–water partition coefficient (Wildman–Crippen LogP) is 3.51. The minimum absolute atomic E-state index is 0.245. The number of nitrogens with zero attached hydrogens (tertiary/aromatic N) is 1. The summed E-state index contributed by atoms with van der Waals surface area (Å²) in [4.78, 5) is 28.8. The molecule has 0 N–H and O–H groups in total. The topological polar surface area (TPSA) is 65.5 Å². The number of hydrogen-bond acceptors (Lipinski definition) is 5. The van der Waals surface area contributed by atoms with E-state index < -0.39 is 18.0 Å². The van der Waals surface area contributed by atoms with Crippen molar-refractivity contribution in [1.29, 1.82) is 0 Å². The van der Waals surface area contributed by atoms with Gasteiger partial charge in [-0.15, -0.1) is 0 Å². The first-order valence-corrected chi connectivity index (χ1v) is 8.15. The summed E-state index contributed by atoms with van der Waals surface area (Å²) in [6.07, 6.45) is -0.540. The minimum Gasteiger partial charge on any atom is -0.463 e. The Bertz CT molecular complexity index is 1000. The number of para-hydroxylation sites is 1. The maximum atomic E-state index is 13.2. The van der Waals surface area contributed by atoms with Crippen molar-refractivity contribution in [3.63, 3.8) is 0 Å². The van der Waals surface area contributed by atoms with Crippen LogP contribution in [0.15, 0.2) is 54.6 Å². The number of carbonyl (C=O) groups excluding carboxylic acids is 2. The Morgan fingerprint density at radius 1 is 1.15 bits per heavy atom. The van der Waals surface area contributed by atoms with Crippen LogP contribution in [0.2, 0.25) is 0 Å². The van der Waals surface area contributed by atoms with E-state index in [4.69, 9.17) is 9.47 Å². The Morgan fingerprint density at radius 2 is 1.92 bits per heavy atom. The molecule has 0 amide bonds. The zero-order valence-corrected chi connectivity index (χ0v) is 13.6. The van der Waals surface area contributed by atoms with E-state index in [0.29, 0.717) is 34.1 Å². The molecular weight excluding hydrogens is 337 g/mol. The Labute approximate surface area is 148 Å². The third-order valence-corrected chi connectivity index (χ3v) is 4.21. The van der Waals surface area contributed by atoms with Crippen LogP contribution in [0, 0.1) is 5.82 Å². The van der Waals surface area contributed by atoms with E-state index in [1.54, 1.807) is 36.4 Å². The van der Waals surface area contributed by atoms with Gasteiger partial charge in [-0.2, -0.15) is 0 Å². The summed E-state index contributed by atoms with van der Waals surface area (Å²) >= 11 is 0. The third kappa shape index (κ3) is 3.01. The van der Waals surface area contributed by atoms with Crippen molar-refractivity contribution in [2.24, 2.45) is 0 Å². The zero-order valence-electron chi connectivity index (χ0n) is 13.6. The van der Waals surface area contributed by atoms with Gasteiger partial charge in [0.2, 0.25) is 6.10 Å². The van der Waals surface area contributed by atoms with E-state index in [9.17, 15) is 14.0 Å². The van der Waals surface area contributed by atoms with Crippen LogP contribution in [-0.4, -0.2) is 29.6 Å². The molecule has 2 heterocycles. The number of rotatable bonds is 3. The predicted molar refractivity (Wildman–Crippen MR) is 91.9 cm³/mol. The molecule has 0 saturated carbocycles. The Hall–Kier alpha value is -3.28. The number of aromatic nitrogens is 1. The standard InChI is InChI=1S/C20H14FNO4/c21-13-7-5-12(6-8-13)17-11-15(14-3-1-2-4-16(14)22-17)19(23)26-18-9-10-25-20(18)24/h1-8,11,18H,9-10H2/t18-/m0/s1. The largest absolute Gasteiger partial charge is 0.463 e. The molecule has 0 unspecified atom stereocenters. The molecule has 1 aliphatic rings. The molecule has 1 fully saturated rings. The Morgan fingerprint density at radius 3 is 2.65 bits per heavy atom.